The van der Waals surface area contributed by atoms with E-state index in [1.165, 1.54) is 6.92 Å². The number of hydrogen-bond donors (Lipinski definition) is 0. The van der Waals surface area contributed by atoms with E-state index in [-0.39, 0.29) is 5.78 Å². The van der Waals surface area contributed by atoms with Crippen molar-refractivity contribution in [2.75, 3.05) is 0 Å². The largest absolute Gasteiger partial charge is 0.293 e. The van der Waals surface area contributed by atoms with Crippen LogP contribution in [0.4, 0.5) is 0 Å². The highest BCUT2D eigenvalue weighted by atomic mass is 35.5. The molecule has 0 fully saturated rings. The summed E-state index contributed by atoms with van der Waals surface area (Å²) in [5, 5.41) is 2.15. The lowest BCUT2D eigenvalue weighted by molar-refractivity contribution is 0.101. The number of hydrogen-bond acceptors (Lipinski definition) is 2. The molecule has 0 spiro atoms. The zero-order valence-corrected chi connectivity index (χ0v) is 8.38. The van der Waals surface area contributed by atoms with Crippen LogP contribution in [0, 0.1) is 0 Å². The molecular weight excluding hydrogens is 198 g/mol. The lowest BCUT2D eigenvalue weighted by atomic mass is 10.1. The van der Waals surface area contributed by atoms with Crippen LogP contribution in [0.3, 0.4) is 0 Å². The van der Waals surface area contributed by atoms with E-state index >= 15 is 0 Å². The molecule has 3 heteroatoms. The zero-order valence-electron chi connectivity index (χ0n) is 7.62. The van der Waals surface area contributed by atoms with Gasteiger partial charge in [0.2, 0.25) is 0 Å². The molecule has 2 aromatic rings. The Hall–Kier alpha value is -1.41. The number of carbonyl (C=O) groups is 1. The van der Waals surface area contributed by atoms with Crippen molar-refractivity contribution in [3.05, 3.63) is 41.2 Å². The van der Waals surface area contributed by atoms with Crippen molar-refractivity contribution in [1.29, 1.82) is 0 Å². The van der Waals surface area contributed by atoms with E-state index in [0.29, 0.717) is 10.8 Å². The standard InChI is InChI=1S/C11H8ClNO/c1-7(14)11-9-5-3-2-4-8(9)6-10(12)13-11/h2-6H,1H3. The van der Waals surface area contributed by atoms with Crippen molar-refractivity contribution in [3.8, 4) is 0 Å². The summed E-state index contributed by atoms with van der Waals surface area (Å²) in [6.07, 6.45) is 0. The van der Waals surface area contributed by atoms with E-state index in [1.54, 1.807) is 6.07 Å². The summed E-state index contributed by atoms with van der Waals surface area (Å²) < 4.78 is 0. The Balaban J connectivity index is 2.87. The molecule has 1 aromatic heterocycles. The van der Waals surface area contributed by atoms with Crippen molar-refractivity contribution in [2.24, 2.45) is 0 Å². The molecule has 0 aliphatic heterocycles. The number of fused-ring (bicyclic) bond motifs is 1. The van der Waals surface area contributed by atoms with Gasteiger partial charge in [0.05, 0.1) is 0 Å². The van der Waals surface area contributed by atoms with Gasteiger partial charge in [-0.15, -0.1) is 0 Å². The molecule has 0 saturated carbocycles. The van der Waals surface area contributed by atoms with E-state index in [2.05, 4.69) is 4.98 Å². The normalized spacial score (nSPS) is 10.4. The van der Waals surface area contributed by atoms with Gasteiger partial charge >= 0.3 is 0 Å². The summed E-state index contributed by atoms with van der Waals surface area (Å²) in [5.74, 6) is -0.0660. The third kappa shape index (κ3) is 1.49. The molecule has 0 radical (unpaired) electrons. The molecule has 0 N–H and O–H groups in total. The molecule has 2 rings (SSSR count). The first kappa shape index (κ1) is 9.16. The minimum Gasteiger partial charge on any atom is -0.293 e. The SMILES string of the molecule is CC(=O)c1nc(Cl)cc2ccccc12. The van der Waals surface area contributed by atoms with Crippen LogP contribution in [0.15, 0.2) is 30.3 Å². The second-order valence-electron chi connectivity index (χ2n) is 3.07. The average Bonchev–Trinajstić information content (AvgIpc) is 2.16. The first-order valence-corrected chi connectivity index (χ1v) is 4.62. The van der Waals surface area contributed by atoms with Gasteiger partial charge in [-0.25, -0.2) is 4.98 Å². The van der Waals surface area contributed by atoms with Crippen LogP contribution in [0.1, 0.15) is 17.4 Å². The lowest BCUT2D eigenvalue weighted by Gasteiger charge is -2.02. The Morgan fingerprint density at radius 1 is 1.36 bits per heavy atom. The summed E-state index contributed by atoms with van der Waals surface area (Å²) in [5.41, 5.74) is 0.438. The van der Waals surface area contributed by atoms with Crippen LogP contribution in [-0.2, 0) is 0 Å². The highest BCUT2D eigenvalue weighted by Gasteiger charge is 2.08. The molecule has 0 amide bonds. The molecule has 0 saturated heterocycles. The van der Waals surface area contributed by atoms with Crippen LogP contribution in [-0.4, -0.2) is 10.8 Å². The first-order chi connectivity index (χ1) is 6.68. The Morgan fingerprint density at radius 3 is 2.79 bits per heavy atom. The van der Waals surface area contributed by atoms with Crippen molar-refractivity contribution in [1.82, 2.24) is 4.98 Å². The second-order valence-corrected chi connectivity index (χ2v) is 3.46. The van der Waals surface area contributed by atoms with Crippen molar-refractivity contribution >= 4 is 28.2 Å². The fourth-order valence-corrected chi connectivity index (χ4v) is 1.64. The number of carbonyl (C=O) groups excluding carboxylic acids is 1. The highest BCUT2D eigenvalue weighted by Crippen LogP contribution is 2.20. The number of ketones is 1. The van der Waals surface area contributed by atoms with Gasteiger partial charge in [-0.3, -0.25) is 4.79 Å². The number of rotatable bonds is 1. The van der Waals surface area contributed by atoms with Crippen LogP contribution >= 0.6 is 11.6 Å². The average molecular weight is 206 g/mol. The summed E-state index contributed by atoms with van der Waals surface area (Å²) in [4.78, 5) is 15.3. The van der Waals surface area contributed by atoms with Crippen molar-refractivity contribution < 1.29 is 4.79 Å². The summed E-state index contributed by atoms with van der Waals surface area (Å²) >= 11 is 5.80. The molecular formula is C11H8ClNO. The minimum atomic E-state index is -0.0660. The number of aromatic nitrogens is 1. The molecule has 0 bridgehead atoms. The lowest BCUT2D eigenvalue weighted by Crippen LogP contribution is -1.98. The third-order valence-corrected chi connectivity index (χ3v) is 2.24. The van der Waals surface area contributed by atoms with Crippen molar-refractivity contribution in [2.45, 2.75) is 6.92 Å². The number of benzene rings is 1. The number of halogens is 1. The van der Waals surface area contributed by atoms with Crippen LogP contribution in [0.5, 0.6) is 0 Å². The summed E-state index contributed by atoms with van der Waals surface area (Å²) in [6, 6.07) is 9.32. The zero-order chi connectivity index (χ0) is 10.1. The molecule has 70 valence electrons. The van der Waals surface area contributed by atoms with Crippen LogP contribution in [0.25, 0.3) is 10.8 Å². The van der Waals surface area contributed by atoms with Gasteiger partial charge in [0.15, 0.2) is 5.78 Å². The van der Waals surface area contributed by atoms with E-state index in [0.717, 1.165) is 10.8 Å². The van der Waals surface area contributed by atoms with Crippen LogP contribution in [0.2, 0.25) is 5.15 Å². The van der Waals surface area contributed by atoms with Gasteiger partial charge in [0, 0.05) is 12.3 Å². The van der Waals surface area contributed by atoms with E-state index in [4.69, 9.17) is 11.6 Å². The molecule has 0 aliphatic rings. The first-order valence-electron chi connectivity index (χ1n) is 4.25. The predicted octanol–water partition coefficient (Wildman–Crippen LogP) is 3.09. The maximum atomic E-state index is 11.3. The smallest absolute Gasteiger partial charge is 0.178 e. The minimum absolute atomic E-state index is 0.0660. The molecule has 0 aliphatic carbocycles. The highest BCUT2D eigenvalue weighted by molar-refractivity contribution is 6.30. The van der Waals surface area contributed by atoms with Crippen molar-refractivity contribution in [3.63, 3.8) is 0 Å². The second kappa shape index (κ2) is 3.39. The molecule has 1 heterocycles. The predicted molar refractivity (Wildman–Crippen MR) is 56.8 cm³/mol. The quantitative estimate of drug-likeness (QED) is 0.529. The van der Waals surface area contributed by atoms with Gasteiger partial charge in [-0.2, -0.15) is 0 Å². The molecule has 14 heavy (non-hydrogen) atoms. The van der Waals surface area contributed by atoms with Gasteiger partial charge in [0.25, 0.3) is 0 Å². The molecule has 0 atom stereocenters. The number of nitrogens with zero attached hydrogens (tertiary/aromatic N) is 1. The molecule has 2 nitrogen and oxygen atoms in total. The number of Topliss-reactive ketones (excluding diaryl/α,β-unsaturated/α-hetero) is 1. The Labute approximate surface area is 86.5 Å². The van der Waals surface area contributed by atoms with E-state index < -0.39 is 0 Å². The maximum Gasteiger partial charge on any atom is 0.178 e. The van der Waals surface area contributed by atoms with Gasteiger partial charge < -0.3 is 0 Å². The van der Waals surface area contributed by atoms with Gasteiger partial charge in [0.1, 0.15) is 10.8 Å². The Morgan fingerprint density at radius 2 is 2.07 bits per heavy atom. The van der Waals surface area contributed by atoms with Crippen LogP contribution < -0.4 is 0 Å². The maximum absolute atomic E-state index is 11.3. The van der Waals surface area contributed by atoms with E-state index in [1.807, 2.05) is 24.3 Å². The summed E-state index contributed by atoms with van der Waals surface area (Å²) in [7, 11) is 0. The third-order valence-electron chi connectivity index (χ3n) is 2.04. The summed E-state index contributed by atoms with van der Waals surface area (Å²) in [6.45, 7) is 1.49. The Bertz CT molecular complexity index is 508. The molecule has 1 aromatic carbocycles. The number of pyridine rings is 1. The topological polar surface area (TPSA) is 30.0 Å². The fourth-order valence-electron chi connectivity index (χ4n) is 1.43. The monoisotopic (exact) mass is 205 g/mol. The van der Waals surface area contributed by atoms with Gasteiger partial charge in [-0.1, -0.05) is 35.9 Å². The fraction of sp³-hybridized carbons (Fsp3) is 0.0909. The van der Waals surface area contributed by atoms with Gasteiger partial charge in [-0.05, 0) is 11.5 Å². The Kier molecular flexibility index (Phi) is 2.22. The molecule has 0 unspecified atom stereocenters. The van der Waals surface area contributed by atoms with E-state index in [9.17, 15) is 4.79 Å².